The van der Waals surface area contributed by atoms with Crippen molar-refractivity contribution in [2.45, 2.75) is 51.2 Å². The van der Waals surface area contributed by atoms with Gasteiger partial charge in [0.2, 0.25) is 11.8 Å². The molecular formula is C28H31Cl2N3O4S. The third-order valence-corrected chi connectivity index (χ3v) is 8.25. The number of rotatable bonds is 10. The first-order valence-electron chi connectivity index (χ1n) is 12.1. The van der Waals surface area contributed by atoms with Crippen LogP contribution in [0.2, 0.25) is 10.0 Å². The maximum Gasteiger partial charge on any atom is 0.264 e. The molecule has 38 heavy (non-hydrogen) atoms. The molecule has 1 atom stereocenters. The van der Waals surface area contributed by atoms with Crippen LogP contribution in [0.1, 0.15) is 31.9 Å². The molecule has 1 N–H and O–H groups in total. The number of benzene rings is 3. The van der Waals surface area contributed by atoms with E-state index < -0.39 is 28.5 Å². The van der Waals surface area contributed by atoms with E-state index in [2.05, 4.69) is 5.32 Å². The monoisotopic (exact) mass is 575 g/mol. The van der Waals surface area contributed by atoms with Crippen LogP contribution < -0.4 is 9.62 Å². The van der Waals surface area contributed by atoms with Gasteiger partial charge in [-0.2, -0.15) is 0 Å². The van der Waals surface area contributed by atoms with Crippen molar-refractivity contribution >= 4 is 50.7 Å². The first kappa shape index (κ1) is 29.5. The average Bonchev–Trinajstić information content (AvgIpc) is 2.86. The molecule has 0 aliphatic carbocycles. The van der Waals surface area contributed by atoms with Gasteiger partial charge in [0.25, 0.3) is 10.0 Å². The molecule has 0 aliphatic rings. The number of hydrogen-bond donors (Lipinski definition) is 1. The lowest BCUT2D eigenvalue weighted by Crippen LogP contribution is -2.52. The summed E-state index contributed by atoms with van der Waals surface area (Å²) in [6.07, 6.45) is 0. The lowest BCUT2D eigenvalue weighted by atomic mass is 10.1. The van der Waals surface area contributed by atoms with Crippen LogP contribution in [0.15, 0.2) is 77.7 Å². The maximum atomic E-state index is 13.9. The normalized spacial score (nSPS) is 12.2. The second-order valence-electron chi connectivity index (χ2n) is 9.23. The molecule has 1 unspecified atom stereocenters. The Balaban J connectivity index is 2.04. The average molecular weight is 577 g/mol. The molecule has 0 spiro atoms. The van der Waals surface area contributed by atoms with Crippen molar-refractivity contribution in [2.24, 2.45) is 0 Å². The zero-order valence-electron chi connectivity index (χ0n) is 21.7. The predicted octanol–water partition coefficient (Wildman–Crippen LogP) is 5.44. The van der Waals surface area contributed by atoms with Gasteiger partial charge in [-0.1, -0.05) is 53.5 Å². The molecule has 0 fully saturated rings. The lowest BCUT2D eigenvalue weighted by molar-refractivity contribution is -0.139. The molecule has 0 saturated heterocycles. The van der Waals surface area contributed by atoms with E-state index in [1.807, 2.05) is 45.0 Å². The molecule has 3 rings (SSSR count). The van der Waals surface area contributed by atoms with E-state index in [4.69, 9.17) is 23.2 Å². The molecule has 0 aliphatic heterocycles. The van der Waals surface area contributed by atoms with Crippen LogP contribution in [0.4, 0.5) is 5.69 Å². The Hall–Kier alpha value is -3.07. The van der Waals surface area contributed by atoms with Crippen molar-refractivity contribution < 1.29 is 18.0 Å². The Morgan fingerprint density at radius 2 is 1.55 bits per heavy atom. The molecule has 7 nitrogen and oxygen atoms in total. The number of aryl methyl sites for hydroxylation is 1. The van der Waals surface area contributed by atoms with E-state index in [0.29, 0.717) is 10.0 Å². The van der Waals surface area contributed by atoms with Gasteiger partial charge in [0.1, 0.15) is 12.6 Å². The Labute approximate surface area is 234 Å². The standard InChI is InChI=1S/C28H31Cl2N3O4S/c1-19(2)31-28(35)21(4)32(17-22-9-6-5-8-20(22)3)27(34)18-33(25-11-7-10-24(30)16-25)38(36,37)26-14-12-23(29)13-15-26/h5-16,19,21H,17-18H2,1-4H3,(H,31,35). The van der Waals surface area contributed by atoms with Gasteiger partial charge in [-0.15, -0.1) is 0 Å². The molecule has 3 aromatic carbocycles. The minimum atomic E-state index is -4.19. The van der Waals surface area contributed by atoms with Crippen molar-refractivity contribution in [3.05, 3.63) is 94.0 Å². The van der Waals surface area contributed by atoms with E-state index in [0.717, 1.165) is 15.4 Å². The van der Waals surface area contributed by atoms with Gasteiger partial charge in [-0.3, -0.25) is 13.9 Å². The quantitative estimate of drug-likeness (QED) is 0.348. The first-order chi connectivity index (χ1) is 17.9. The fourth-order valence-corrected chi connectivity index (χ4v) is 5.57. The topological polar surface area (TPSA) is 86.8 Å². The summed E-state index contributed by atoms with van der Waals surface area (Å²) in [6, 6.07) is 18.5. The highest BCUT2D eigenvalue weighted by atomic mass is 35.5. The summed E-state index contributed by atoms with van der Waals surface area (Å²) in [5.41, 5.74) is 2.01. The van der Waals surface area contributed by atoms with Gasteiger partial charge >= 0.3 is 0 Å². The summed E-state index contributed by atoms with van der Waals surface area (Å²) in [5.74, 6) is -0.881. The Morgan fingerprint density at radius 1 is 0.895 bits per heavy atom. The van der Waals surface area contributed by atoms with Crippen LogP contribution in [0.25, 0.3) is 0 Å². The van der Waals surface area contributed by atoms with Crippen LogP contribution in [0.3, 0.4) is 0 Å². The van der Waals surface area contributed by atoms with Crippen LogP contribution in [-0.4, -0.2) is 43.8 Å². The van der Waals surface area contributed by atoms with Crippen LogP contribution in [0.5, 0.6) is 0 Å². The molecule has 3 aromatic rings. The SMILES string of the molecule is Cc1ccccc1CN(C(=O)CN(c1cccc(Cl)c1)S(=O)(=O)c1ccc(Cl)cc1)C(C)C(=O)NC(C)C. The number of nitrogens with zero attached hydrogens (tertiary/aromatic N) is 2. The maximum absolute atomic E-state index is 13.9. The lowest BCUT2D eigenvalue weighted by Gasteiger charge is -2.32. The molecule has 2 amide bonds. The summed E-state index contributed by atoms with van der Waals surface area (Å²) in [4.78, 5) is 28.2. The summed E-state index contributed by atoms with van der Waals surface area (Å²) >= 11 is 12.2. The van der Waals surface area contributed by atoms with Gasteiger partial charge in [-0.25, -0.2) is 8.42 Å². The second kappa shape index (κ2) is 12.7. The number of carbonyl (C=O) groups is 2. The van der Waals surface area contributed by atoms with E-state index in [-0.39, 0.29) is 29.1 Å². The summed E-state index contributed by atoms with van der Waals surface area (Å²) in [7, 11) is -4.19. The van der Waals surface area contributed by atoms with E-state index in [1.165, 1.54) is 35.2 Å². The third-order valence-electron chi connectivity index (χ3n) is 5.98. The summed E-state index contributed by atoms with van der Waals surface area (Å²) < 4.78 is 28.5. The molecule has 0 aromatic heterocycles. The number of amides is 2. The molecule has 0 heterocycles. The van der Waals surface area contributed by atoms with Crippen LogP contribution in [-0.2, 0) is 26.2 Å². The number of hydrogen-bond acceptors (Lipinski definition) is 4. The Kier molecular flexibility index (Phi) is 9.82. The largest absolute Gasteiger partial charge is 0.352 e. The van der Waals surface area contributed by atoms with Crippen molar-refractivity contribution in [3.63, 3.8) is 0 Å². The molecular weight excluding hydrogens is 545 g/mol. The van der Waals surface area contributed by atoms with Gasteiger partial charge in [0, 0.05) is 22.6 Å². The van der Waals surface area contributed by atoms with Crippen molar-refractivity contribution in [2.75, 3.05) is 10.8 Å². The Morgan fingerprint density at radius 3 is 2.16 bits per heavy atom. The van der Waals surface area contributed by atoms with Crippen LogP contribution in [0, 0.1) is 6.92 Å². The number of anilines is 1. The zero-order chi connectivity index (χ0) is 28.0. The van der Waals surface area contributed by atoms with E-state index >= 15 is 0 Å². The van der Waals surface area contributed by atoms with E-state index in [1.54, 1.807) is 25.1 Å². The number of nitrogens with one attached hydrogen (secondary N) is 1. The molecule has 202 valence electrons. The number of carbonyl (C=O) groups excluding carboxylic acids is 2. The minimum absolute atomic E-state index is 0.0364. The third kappa shape index (κ3) is 7.28. The fraction of sp³-hybridized carbons (Fsp3) is 0.286. The van der Waals surface area contributed by atoms with Gasteiger partial charge in [-0.05, 0) is 81.3 Å². The summed E-state index contributed by atoms with van der Waals surface area (Å²) in [5, 5.41) is 3.53. The number of halogens is 2. The Bertz CT molecular complexity index is 1400. The van der Waals surface area contributed by atoms with Gasteiger partial charge < -0.3 is 10.2 Å². The second-order valence-corrected chi connectivity index (χ2v) is 12.0. The van der Waals surface area contributed by atoms with Crippen LogP contribution >= 0.6 is 23.2 Å². The highest BCUT2D eigenvalue weighted by molar-refractivity contribution is 7.92. The molecule has 0 radical (unpaired) electrons. The van der Waals surface area contributed by atoms with Crippen molar-refractivity contribution in [3.8, 4) is 0 Å². The number of sulfonamides is 1. The highest BCUT2D eigenvalue weighted by Gasteiger charge is 2.33. The molecule has 10 heteroatoms. The molecule has 0 saturated carbocycles. The molecule has 0 bridgehead atoms. The smallest absolute Gasteiger partial charge is 0.264 e. The van der Waals surface area contributed by atoms with Crippen molar-refractivity contribution in [1.82, 2.24) is 10.2 Å². The zero-order valence-corrected chi connectivity index (χ0v) is 24.0. The predicted molar refractivity (Wildman–Crippen MR) is 152 cm³/mol. The fourth-order valence-electron chi connectivity index (χ4n) is 3.85. The van der Waals surface area contributed by atoms with Gasteiger partial charge in [0.05, 0.1) is 10.6 Å². The van der Waals surface area contributed by atoms with Gasteiger partial charge in [0.15, 0.2) is 0 Å². The highest BCUT2D eigenvalue weighted by Crippen LogP contribution is 2.27. The summed E-state index contributed by atoms with van der Waals surface area (Å²) in [6.45, 7) is 6.79. The van der Waals surface area contributed by atoms with Crippen molar-refractivity contribution in [1.29, 1.82) is 0 Å². The van der Waals surface area contributed by atoms with E-state index in [9.17, 15) is 18.0 Å². The minimum Gasteiger partial charge on any atom is -0.352 e. The first-order valence-corrected chi connectivity index (χ1v) is 14.3.